The van der Waals surface area contributed by atoms with Gasteiger partial charge in [0.1, 0.15) is 0 Å². The van der Waals surface area contributed by atoms with Crippen molar-refractivity contribution in [2.75, 3.05) is 0 Å². The van der Waals surface area contributed by atoms with Gasteiger partial charge in [-0.2, -0.15) is 0 Å². The molecule has 0 saturated heterocycles. The van der Waals surface area contributed by atoms with Crippen molar-refractivity contribution in [2.45, 2.75) is 38.5 Å². The Balaban J connectivity index is 2.35. The minimum absolute atomic E-state index is 0.273. The van der Waals surface area contributed by atoms with Gasteiger partial charge in [-0.05, 0) is 66.0 Å². The van der Waals surface area contributed by atoms with Gasteiger partial charge in [-0.1, -0.05) is 43.5 Å². The first-order chi connectivity index (χ1) is 11.5. The van der Waals surface area contributed by atoms with Crippen molar-refractivity contribution in [3.63, 3.8) is 0 Å². The van der Waals surface area contributed by atoms with Gasteiger partial charge < -0.3 is 11.5 Å². The molecule has 0 aromatic heterocycles. The van der Waals surface area contributed by atoms with Crippen LogP contribution >= 0.6 is 0 Å². The zero-order valence-corrected chi connectivity index (χ0v) is 14.2. The molecular weight excluding hydrogens is 296 g/mol. The van der Waals surface area contributed by atoms with E-state index in [9.17, 15) is 4.79 Å². The second kappa shape index (κ2) is 8.34. The summed E-state index contributed by atoms with van der Waals surface area (Å²) in [6, 6.07) is 0. The summed E-state index contributed by atoms with van der Waals surface area (Å²) < 4.78 is 0. The molecule has 126 valence electrons. The van der Waals surface area contributed by atoms with Gasteiger partial charge in [-0.15, -0.1) is 0 Å². The van der Waals surface area contributed by atoms with Crippen LogP contribution in [-0.2, 0) is 4.79 Å². The van der Waals surface area contributed by atoms with Crippen molar-refractivity contribution in [3.05, 3.63) is 83.2 Å². The Bertz CT molecular complexity index is 699. The number of hydrogen-bond acceptors (Lipinski definition) is 2. The SMILES string of the molecule is C=C/C=C\C(=C)C1=CC(CCC(N)=O)=C(C2=CC(N)=CCC2)CC1. The standard InChI is InChI=1S/C21H26N2O/c1-3-4-6-15(2)16-9-11-20(17-7-5-8-19(22)14-17)18(13-16)10-12-21(23)24/h3-4,6,8,13-14H,1-2,5,7,9-12,22H2,(H2,23,24)/b6-4-. The Kier molecular flexibility index (Phi) is 6.19. The predicted molar refractivity (Wildman–Crippen MR) is 101 cm³/mol. The maximum absolute atomic E-state index is 11.2. The molecule has 4 N–H and O–H groups in total. The highest BCUT2D eigenvalue weighted by molar-refractivity contribution is 5.74. The van der Waals surface area contributed by atoms with Gasteiger partial charge >= 0.3 is 0 Å². The highest BCUT2D eigenvalue weighted by Crippen LogP contribution is 2.36. The first-order valence-corrected chi connectivity index (χ1v) is 8.37. The maximum Gasteiger partial charge on any atom is 0.217 e. The lowest BCUT2D eigenvalue weighted by atomic mass is 9.81. The Hall–Kier alpha value is -2.55. The van der Waals surface area contributed by atoms with E-state index in [2.05, 4.69) is 31.4 Å². The topological polar surface area (TPSA) is 69.1 Å². The average Bonchev–Trinajstić information content (AvgIpc) is 2.57. The third-order valence-electron chi connectivity index (χ3n) is 4.39. The first kappa shape index (κ1) is 17.8. The van der Waals surface area contributed by atoms with Gasteiger partial charge in [0, 0.05) is 12.1 Å². The fraction of sp³-hybridized carbons (Fsp3) is 0.286. The molecular formula is C21H26N2O. The summed E-state index contributed by atoms with van der Waals surface area (Å²) >= 11 is 0. The van der Waals surface area contributed by atoms with Crippen LogP contribution in [0.5, 0.6) is 0 Å². The molecule has 0 unspecified atom stereocenters. The lowest BCUT2D eigenvalue weighted by Gasteiger charge is -2.24. The molecule has 0 aliphatic heterocycles. The van der Waals surface area contributed by atoms with E-state index in [1.165, 1.54) is 22.3 Å². The fourth-order valence-electron chi connectivity index (χ4n) is 3.15. The molecule has 0 radical (unpaired) electrons. The Labute approximate surface area is 144 Å². The number of primary amides is 1. The summed E-state index contributed by atoms with van der Waals surface area (Å²) in [7, 11) is 0. The molecule has 0 heterocycles. The minimum atomic E-state index is -0.273. The molecule has 2 rings (SSSR count). The lowest BCUT2D eigenvalue weighted by Crippen LogP contribution is -2.12. The maximum atomic E-state index is 11.2. The van der Waals surface area contributed by atoms with E-state index < -0.39 is 0 Å². The highest BCUT2D eigenvalue weighted by atomic mass is 16.1. The van der Waals surface area contributed by atoms with E-state index in [-0.39, 0.29) is 5.91 Å². The van der Waals surface area contributed by atoms with Crippen LogP contribution < -0.4 is 11.5 Å². The van der Waals surface area contributed by atoms with Crippen LogP contribution in [0.15, 0.2) is 83.2 Å². The van der Waals surface area contributed by atoms with Gasteiger partial charge in [0.25, 0.3) is 0 Å². The Morgan fingerprint density at radius 1 is 1.25 bits per heavy atom. The van der Waals surface area contributed by atoms with Crippen LogP contribution in [0.4, 0.5) is 0 Å². The van der Waals surface area contributed by atoms with Crippen molar-refractivity contribution in [2.24, 2.45) is 11.5 Å². The number of hydrogen-bond donors (Lipinski definition) is 2. The largest absolute Gasteiger partial charge is 0.399 e. The summed E-state index contributed by atoms with van der Waals surface area (Å²) in [4.78, 5) is 11.2. The number of rotatable bonds is 7. The van der Waals surface area contributed by atoms with Crippen molar-refractivity contribution in [1.29, 1.82) is 0 Å². The van der Waals surface area contributed by atoms with Gasteiger partial charge in [-0.25, -0.2) is 0 Å². The molecule has 0 aromatic carbocycles. The zero-order valence-electron chi connectivity index (χ0n) is 14.2. The Morgan fingerprint density at radius 3 is 2.71 bits per heavy atom. The molecule has 3 heteroatoms. The fourth-order valence-corrected chi connectivity index (χ4v) is 3.15. The molecule has 2 aliphatic rings. The van der Waals surface area contributed by atoms with E-state index in [1.54, 1.807) is 6.08 Å². The summed E-state index contributed by atoms with van der Waals surface area (Å²) in [6.07, 6.45) is 16.8. The van der Waals surface area contributed by atoms with E-state index in [0.29, 0.717) is 12.8 Å². The summed E-state index contributed by atoms with van der Waals surface area (Å²) in [5, 5.41) is 0. The highest BCUT2D eigenvalue weighted by Gasteiger charge is 2.19. The molecule has 24 heavy (non-hydrogen) atoms. The zero-order chi connectivity index (χ0) is 17.5. The second-order valence-electron chi connectivity index (χ2n) is 6.17. The molecule has 0 spiro atoms. The van der Waals surface area contributed by atoms with Gasteiger partial charge in [-0.3, -0.25) is 4.79 Å². The number of allylic oxidation sites excluding steroid dienone is 11. The van der Waals surface area contributed by atoms with Crippen LogP contribution in [0.3, 0.4) is 0 Å². The van der Waals surface area contributed by atoms with Crippen molar-refractivity contribution >= 4 is 5.91 Å². The van der Waals surface area contributed by atoms with Gasteiger partial charge in [0.05, 0.1) is 0 Å². The van der Waals surface area contributed by atoms with Crippen LogP contribution in [-0.4, -0.2) is 5.91 Å². The van der Waals surface area contributed by atoms with E-state index in [1.807, 2.05) is 12.2 Å². The molecule has 0 bridgehead atoms. The third kappa shape index (κ3) is 4.72. The van der Waals surface area contributed by atoms with Crippen LogP contribution in [0.1, 0.15) is 38.5 Å². The Morgan fingerprint density at radius 2 is 2.04 bits per heavy atom. The normalized spacial score (nSPS) is 18.1. The number of nitrogens with two attached hydrogens (primary N) is 2. The lowest BCUT2D eigenvalue weighted by molar-refractivity contribution is -0.117. The molecule has 0 aromatic rings. The second-order valence-corrected chi connectivity index (χ2v) is 6.17. The van der Waals surface area contributed by atoms with Crippen LogP contribution in [0, 0.1) is 0 Å². The summed E-state index contributed by atoms with van der Waals surface area (Å²) in [5.41, 5.74) is 18.1. The van der Waals surface area contributed by atoms with E-state index in [4.69, 9.17) is 11.5 Å². The van der Waals surface area contributed by atoms with Crippen LogP contribution in [0.2, 0.25) is 0 Å². The van der Waals surface area contributed by atoms with Crippen molar-refractivity contribution in [3.8, 4) is 0 Å². The van der Waals surface area contributed by atoms with E-state index in [0.717, 1.165) is 37.0 Å². The first-order valence-electron chi connectivity index (χ1n) is 8.37. The van der Waals surface area contributed by atoms with Crippen molar-refractivity contribution in [1.82, 2.24) is 0 Å². The average molecular weight is 322 g/mol. The quantitative estimate of drug-likeness (QED) is 0.692. The summed E-state index contributed by atoms with van der Waals surface area (Å²) in [6.45, 7) is 7.82. The minimum Gasteiger partial charge on any atom is -0.399 e. The number of carbonyl (C=O) groups excluding carboxylic acids is 1. The van der Waals surface area contributed by atoms with E-state index >= 15 is 0 Å². The van der Waals surface area contributed by atoms with Gasteiger partial charge in [0.2, 0.25) is 5.91 Å². The number of amides is 1. The smallest absolute Gasteiger partial charge is 0.217 e. The molecule has 0 fully saturated rings. The van der Waals surface area contributed by atoms with Crippen molar-refractivity contribution < 1.29 is 4.79 Å². The van der Waals surface area contributed by atoms with Gasteiger partial charge in [0.15, 0.2) is 0 Å². The van der Waals surface area contributed by atoms with Crippen LogP contribution in [0.25, 0.3) is 0 Å². The molecule has 0 saturated carbocycles. The third-order valence-corrected chi connectivity index (χ3v) is 4.39. The number of carbonyl (C=O) groups is 1. The summed E-state index contributed by atoms with van der Waals surface area (Å²) in [5.74, 6) is -0.273. The molecule has 0 atom stereocenters. The predicted octanol–water partition coefficient (Wildman–Crippen LogP) is 4.13. The molecule has 3 nitrogen and oxygen atoms in total. The monoisotopic (exact) mass is 322 g/mol. The molecule has 1 amide bonds. The molecule has 2 aliphatic carbocycles.